The number of nitrogens with one attached hydrogen (secondary N) is 1. The second-order valence-electron chi connectivity index (χ2n) is 4.03. The van der Waals surface area contributed by atoms with E-state index in [4.69, 9.17) is 9.47 Å². The van der Waals surface area contributed by atoms with Gasteiger partial charge in [-0.3, -0.25) is 9.59 Å². The van der Waals surface area contributed by atoms with Crippen molar-refractivity contribution in [2.75, 3.05) is 13.8 Å². The Kier molecular flexibility index (Phi) is 7.27. The van der Waals surface area contributed by atoms with Crippen molar-refractivity contribution in [3.63, 3.8) is 0 Å². The first-order chi connectivity index (χ1) is 9.22. The highest BCUT2D eigenvalue weighted by Crippen LogP contribution is 2.03. The van der Waals surface area contributed by atoms with Gasteiger partial charge in [0.05, 0.1) is 0 Å². The number of ether oxygens (including phenoxy) is 2. The second kappa shape index (κ2) is 9.10. The number of benzene rings is 1. The molecule has 1 amide bonds. The van der Waals surface area contributed by atoms with Crippen molar-refractivity contribution in [3.8, 4) is 0 Å². The third-order valence-corrected chi connectivity index (χ3v) is 2.44. The van der Waals surface area contributed by atoms with Gasteiger partial charge in [-0.1, -0.05) is 30.3 Å². The van der Waals surface area contributed by atoms with E-state index in [1.165, 1.54) is 7.11 Å². The third-order valence-electron chi connectivity index (χ3n) is 2.44. The van der Waals surface area contributed by atoms with Crippen LogP contribution in [0.4, 0.5) is 0 Å². The summed E-state index contributed by atoms with van der Waals surface area (Å²) in [7, 11) is 1.50. The Hall–Kier alpha value is -1.88. The first-order valence-corrected chi connectivity index (χ1v) is 6.17. The normalized spacial score (nSPS) is 9.95. The van der Waals surface area contributed by atoms with Gasteiger partial charge in [0.1, 0.15) is 13.3 Å². The van der Waals surface area contributed by atoms with Crippen molar-refractivity contribution in [1.29, 1.82) is 0 Å². The zero-order valence-electron chi connectivity index (χ0n) is 11.1. The minimum atomic E-state index is -0.289. The average molecular weight is 265 g/mol. The van der Waals surface area contributed by atoms with E-state index in [9.17, 15) is 9.59 Å². The summed E-state index contributed by atoms with van der Waals surface area (Å²) in [5.41, 5.74) is 0.952. The van der Waals surface area contributed by atoms with Gasteiger partial charge < -0.3 is 14.8 Å². The maximum Gasteiger partial charge on any atom is 0.306 e. The minimum Gasteiger partial charge on any atom is -0.461 e. The van der Waals surface area contributed by atoms with Gasteiger partial charge in [-0.05, 0) is 12.0 Å². The monoisotopic (exact) mass is 265 g/mol. The number of hydrogen-bond donors (Lipinski definition) is 1. The lowest BCUT2D eigenvalue weighted by molar-refractivity contribution is -0.145. The maximum absolute atomic E-state index is 11.4. The van der Waals surface area contributed by atoms with Crippen LogP contribution in [0.15, 0.2) is 30.3 Å². The molecule has 5 heteroatoms. The van der Waals surface area contributed by atoms with Crippen LogP contribution in [-0.4, -0.2) is 25.7 Å². The molecule has 104 valence electrons. The molecule has 0 unspecified atom stereocenters. The molecule has 5 nitrogen and oxygen atoms in total. The SMILES string of the molecule is COCNC(=O)CCCC(=O)OCc1ccccc1. The number of rotatable bonds is 8. The van der Waals surface area contributed by atoms with E-state index in [0.717, 1.165) is 5.56 Å². The summed E-state index contributed by atoms with van der Waals surface area (Å²) >= 11 is 0. The molecule has 0 spiro atoms. The van der Waals surface area contributed by atoms with Crippen molar-refractivity contribution >= 4 is 11.9 Å². The molecule has 0 saturated heterocycles. The van der Waals surface area contributed by atoms with E-state index in [1.807, 2.05) is 30.3 Å². The average Bonchev–Trinajstić information content (AvgIpc) is 2.44. The summed E-state index contributed by atoms with van der Waals surface area (Å²) in [5, 5.41) is 2.55. The minimum absolute atomic E-state index is 0.127. The molecule has 0 radical (unpaired) electrons. The molecule has 1 aromatic carbocycles. The third kappa shape index (κ3) is 7.21. The van der Waals surface area contributed by atoms with E-state index in [2.05, 4.69) is 5.32 Å². The van der Waals surface area contributed by atoms with Gasteiger partial charge in [0, 0.05) is 20.0 Å². The van der Waals surface area contributed by atoms with Crippen LogP contribution in [-0.2, 0) is 25.7 Å². The fourth-order valence-corrected chi connectivity index (χ4v) is 1.44. The van der Waals surface area contributed by atoms with Crippen LogP contribution in [0.5, 0.6) is 0 Å². The van der Waals surface area contributed by atoms with Crippen LogP contribution in [0, 0.1) is 0 Å². The summed E-state index contributed by atoms with van der Waals surface area (Å²) in [5.74, 6) is -0.416. The number of esters is 1. The largest absolute Gasteiger partial charge is 0.461 e. The maximum atomic E-state index is 11.4. The van der Waals surface area contributed by atoms with Crippen LogP contribution in [0.1, 0.15) is 24.8 Å². The highest BCUT2D eigenvalue weighted by Gasteiger charge is 2.06. The topological polar surface area (TPSA) is 64.6 Å². The van der Waals surface area contributed by atoms with Gasteiger partial charge in [0.15, 0.2) is 0 Å². The standard InChI is InChI=1S/C14H19NO4/c1-18-11-15-13(16)8-5-9-14(17)19-10-12-6-3-2-4-7-12/h2-4,6-7H,5,8-11H2,1H3,(H,15,16). The van der Waals surface area contributed by atoms with E-state index in [1.54, 1.807) is 0 Å². The molecule has 0 fully saturated rings. The Morgan fingerprint density at radius 2 is 1.89 bits per heavy atom. The van der Waals surface area contributed by atoms with Gasteiger partial charge in [-0.2, -0.15) is 0 Å². The number of carbonyl (C=O) groups is 2. The van der Waals surface area contributed by atoms with Crippen LogP contribution < -0.4 is 5.32 Å². The molecule has 0 aromatic heterocycles. The Labute approximate surface area is 112 Å². The molecule has 1 aromatic rings. The van der Waals surface area contributed by atoms with Gasteiger partial charge in [0.2, 0.25) is 5.91 Å². The summed E-state index contributed by atoms with van der Waals surface area (Å²) < 4.78 is 9.80. The van der Waals surface area contributed by atoms with E-state index >= 15 is 0 Å². The number of carbonyl (C=O) groups excluding carboxylic acids is 2. The smallest absolute Gasteiger partial charge is 0.306 e. The molecule has 0 atom stereocenters. The van der Waals surface area contributed by atoms with Gasteiger partial charge in [-0.25, -0.2) is 0 Å². The fourth-order valence-electron chi connectivity index (χ4n) is 1.44. The first kappa shape index (κ1) is 15.2. The lowest BCUT2D eigenvalue weighted by Gasteiger charge is -2.05. The summed E-state index contributed by atoms with van der Waals surface area (Å²) in [6.07, 6.45) is 1.01. The van der Waals surface area contributed by atoms with Gasteiger partial charge in [-0.15, -0.1) is 0 Å². The van der Waals surface area contributed by atoms with Crippen molar-refractivity contribution < 1.29 is 19.1 Å². The fraction of sp³-hybridized carbons (Fsp3) is 0.429. The number of methoxy groups -OCH3 is 1. The zero-order valence-corrected chi connectivity index (χ0v) is 11.1. The molecular weight excluding hydrogens is 246 g/mol. The summed E-state index contributed by atoms with van der Waals surface area (Å²) in [4.78, 5) is 22.7. The molecular formula is C14H19NO4. The summed E-state index contributed by atoms with van der Waals surface area (Å²) in [6, 6.07) is 9.48. The van der Waals surface area contributed by atoms with E-state index in [-0.39, 0.29) is 31.6 Å². The highest BCUT2D eigenvalue weighted by molar-refractivity contribution is 5.76. The Balaban J connectivity index is 2.10. The predicted octanol–water partition coefficient (Wildman–Crippen LogP) is 1.62. The van der Waals surface area contributed by atoms with Gasteiger partial charge in [0.25, 0.3) is 0 Å². The van der Waals surface area contributed by atoms with Crippen molar-refractivity contribution in [2.24, 2.45) is 0 Å². The van der Waals surface area contributed by atoms with E-state index < -0.39 is 0 Å². The quantitative estimate of drug-likeness (QED) is 0.573. The number of amides is 1. The second-order valence-corrected chi connectivity index (χ2v) is 4.03. The molecule has 1 N–H and O–H groups in total. The van der Waals surface area contributed by atoms with Crippen molar-refractivity contribution in [2.45, 2.75) is 25.9 Å². The number of hydrogen-bond acceptors (Lipinski definition) is 4. The van der Waals surface area contributed by atoms with Gasteiger partial charge >= 0.3 is 5.97 Å². The first-order valence-electron chi connectivity index (χ1n) is 6.17. The molecule has 0 bridgehead atoms. The Bertz CT molecular complexity index is 392. The summed E-state index contributed by atoms with van der Waals surface area (Å²) in [6.45, 7) is 0.465. The molecule has 0 saturated carbocycles. The zero-order chi connectivity index (χ0) is 13.9. The highest BCUT2D eigenvalue weighted by atomic mass is 16.5. The Morgan fingerprint density at radius 1 is 1.16 bits per heavy atom. The molecule has 1 rings (SSSR count). The van der Waals surface area contributed by atoms with E-state index in [0.29, 0.717) is 12.8 Å². The molecule has 0 heterocycles. The van der Waals surface area contributed by atoms with Crippen LogP contribution >= 0.6 is 0 Å². The molecule has 0 aliphatic carbocycles. The molecule has 0 aliphatic heterocycles. The van der Waals surface area contributed by atoms with Crippen LogP contribution in [0.25, 0.3) is 0 Å². The molecule has 19 heavy (non-hydrogen) atoms. The Morgan fingerprint density at radius 3 is 2.58 bits per heavy atom. The van der Waals surface area contributed by atoms with Crippen molar-refractivity contribution in [1.82, 2.24) is 5.32 Å². The predicted molar refractivity (Wildman–Crippen MR) is 70.1 cm³/mol. The lowest BCUT2D eigenvalue weighted by atomic mass is 10.2. The lowest BCUT2D eigenvalue weighted by Crippen LogP contribution is -2.25. The van der Waals surface area contributed by atoms with Crippen molar-refractivity contribution in [3.05, 3.63) is 35.9 Å². The molecule has 0 aliphatic rings. The van der Waals surface area contributed by atoms with Crippen LogP contribution in [0.2, 0.25) is 0 Å². The van der Waals surface area contributed by atoms with Crippen LogP contribution in [0.3, 0.4) is 0 Å².